The van der Waals surface area contributed by atoms with Gasteiger partial charge in [0.05, 0.1) is 17.8 Å². The van der Waals surface area contributed by atoms with Gasteiger partial charge in [0.25, 0.3) is 5.91 Å². The lowest BCUT2D eigenvalue weighted by Gasteiger charge is -2.07. The third-order valence-corrected chi connectivity index (χ3v) is 2.71. The maximum Gasteiger partial charge on any atom is 0.257 e. The van der Waals surface area contributed by atoms with Crippen LogP contribution in [0.5, 0.6) is 0 Å². The summed E-state index contributed by atoms with van der Waals surface area (Å²) < 4.78 is 13.7. The molecule has 2 aromatic rings. The molecule has 0 aliphatic carbocycles. The first-order valence-electron chi connectivity index (χ1n) is 6.31. The van der Waals surface area contributed by atoms with Gasteiger partial charge in [0.15, 0.2) is 0 Å². The number of carbonyl (C=O) groups is 1. The highest BCUT2D eigenvalue weighted by molar-refractivity contribution is 6.04. The molecular formula is C16H14FN3O. The summed E-state index contributed by atoms with van der Waals surface area (Å²) in [6, 6.07) is 6.18. The maximum atomic E-state index is 13.7. The van der Waals surface area contributed by atoms with Crippen molar-refractivity contribution in [2.24, 2.45) is 5.73 Å². The second kappa shape index (κ2) is 6.64. The van der Waals surface area contributed by atoms with Crippen molar-refractivity contribution < 1.29 is 9.18 Å². The minimum Gasteiger partial charge on any atom is -0.320 e. The number of nitrogens with two attached hydrogens (primary N) is 1. The quantitative estimate of drug-likeness (QED) is 0.829. The predicted octanol–water partition coefficient (Wildman–Crippen LogP) is 2.09. The van der Waals surface area contributed by atoms with E-state index >= 15 is 0 Å². The summed E-state index contributed by atoms with van der Waals surface area (Å²) in [6.07, 6.45) is 2.93. The van der Waals surface area contributed by atoms with Crippen molar-refractivity contribution in [3.05, 3.63) is 59.2 Å². The fourth-order valence-electron chi connectivity index (χ4n) is 1.70. The largest absolute Gasteiger partial charge is 0.320 e. The Hall–Kier alpha value is -2.71. The molecule has 1 aromatic carbocycles. The number of anilines is 1. The molecule has 0 fully saturated rings. The van der Waals surface area contributed by atoms with Crippen LogP contribution >= 0.6 is 0 Å². The number of benzene rings is 1. The summed E-state index contributed by atoms with van der Waals surface area (Å²) in [5, 5.41) is 2.51. The number of pyridine rings is 1. The second-order valence-electron chi connectivity index (χ2n) is 4.41. The van der Waals surface area contributed by atoms with Gasteiger partial charge < -0.3 is 11.1 Å². The van der Waals surface area contributed by atoms with Gasteiger partial charge in [-0.15, -0.1) is 0 Å². The number of nitrogens with zero attached hydrogens (tertiary/aromatic N) is 1. The summed E-state index contributed by atoms with van der Waals surface area (Å²) in [7, 11) is 0. The average Bonchev–Trinajstić information content (AvgIpc) is 2.48. The normalized spacial score (nSPS) is 9.67. The molecule has 4 nitrogen and oxygen atoms in total. The number of carbonyl (C=O) groups excluding carboxylic acids is 1. The Morgan fingerprint density at radius 2 is 2.19 bits per heavy atom. The van der Waals surface area contributed by atoms with Gasteiger partial charge in [0.1, 0.15) is 5.82 Å². The van der Waals surface area contributed by atoms with E-state index in [2.05, 4.69) is 22.1 Å². The number of nitrogens with one attached hydrogen (secondary N) is 1. The number of hydrogen-bond acceptors (Lipinski definition) is 3. The topological polar surface area (TPSA) is 68.0 Å². The third-order valence-electron chi connectivity index (χ3n) is 2.71. The van der Waals surface area contributed by atoms with Crippen molar-refractivity contribution >= 4 is 11.6 Å². The van der Waals surface area contributed by atoms with E-state index in [1.165, 1.54) is 24.5 Å². The van der Waals surface area contributed by atoms with Gasteiger partial charge in [0, 0.05) is 18.0 Å². The summed E-state index contributed by atoms with van der Waals surface area (Å²) in [6.45, 7) is 2.00. The zero-order valence-corrected chi connectivity index (χ0v) is 11.5. The van der Waals surface area contributed by atoms with Crippen molar-refractivity contribution in [1.29, 1.82) is 0 Å². The Morgan fingerprint density at radius 1 is 1.38 bits per heavy atom. The monoisotopic (exact) mass is 283 g/mol. The van der Waals surface area contributed by atoms with Gasteiger partial charge in [-0.2, -0.15) is 0 Å². The Morgan fingerprint density at radius 3 is 2.90 bits per heavy atom. The molecule has 0 bridgehead atoms. The Bertz CT molecular complexity index is 732. The van der Waals surface area contributed by atoms with Gasteiger partial charge in [-0.1, -0.05) is 17.9 Å². The molecule has 2 rings (SSSR count). The molecule has 0 aliphatic heterocycles. The number of halogens is 1. The van der Waals surface area contributed by atoms with E-state index in [1.807, 2.05) is 0 Å². The SMILES string of the molecule is Cc1ccc(NC(=O)c2cncc(C#CCN)c2)c(F)c1. The van der Waals surface area contributed by atoms with Crippen LogP contribution in [0.25, 0.3) is 0 Å². The molecule has 0 atom stereocenters. The van der Waals surface area contributed by atoms with Crippen molar-refractivity contribution in [2.75, 3.05) is 11.9 Å². The van der Waals surface area contributed by atoms with E-state index in [0.717, 1.165) is 5.56 Å². The summed E-state index contributed by atoms with van der Waals surface area (Å²) in [5.74, 6) is 4.55. The van der Waals surface area contributed by atoms with Crippen molar-refractivity contribution in [3.8, 4) is 11.8 Å². The van der Waals surface area contributed by atoms with Crippen LogP contribution in [0.1, 0.15) is 21.5 Å². The van der Waals surface area contributed by atoms with E-state index in [-0.39, 0.29) is 12.2 Å². The van der Waals surface area contributed by atoms with Crippen LogP contribution in [0.2, 0.25) is 0 Å². The van der Waals surface area contributed by atoms with Crippen molar-refractivity contribution in [3.63, 3.8) is 0 Å². The Balaban J connectivity index is 2.20. The molecule has 0 saturated carbocycles. The first-order chi connectivity index (χ1) is 10.1. The molecule has 3 N–H and O–H groups in total. The van der Waals surface area contributed by atoms with E-state index < -0.39 is 11.7 Å². The first kappa shape index (κ1) is 14.7. The zero-order chi connectivity index (χ0) is 15.2. The highest BCUT2D eigenvalue weighted by Gasteiger charge is 2.10. The van der Waals surface area contributed by atoms with Crippen molar-refractivity contribution in [2.45, 2.75) is 6.92 Å². The summed E-state index contributed by atoms with van der Waals surface area (Å²) in [5.41, 5.74) is 7.09. The van der Waals surface area contributed by atoms with Gasteiger partial charge in [-0.25, -0.2) is 4.39 Å². The molecule has 106 valence electrons. The smallest absolute Gasteiger partial charge is 0.257 e. The standard InChI is InChI=1S/C16H14FN3O/c1-11-4-5-15(14(17)7-11)20-16(21)13-8-12(3-2-6-18)9-19-10-13/h4-5,7-10H,6,18H2,1H3,(H,20,21). The van der Waals surface area contributed by atoms with Crippen LogP contribution < -0.4 is 11.1 Å². The van der Waals surface area contributed by atoms with E-state index in [9.17, 15) is 9.18 Å². The van der Waals surface area contributed by atoms with Crippen LogP contribution in [-0.4, -0.2) is 17.4 Å². The molecule has 1 aromatic heterocycles. The molecule has 0 radical (unpaired) electrons. The number of aryl methyl sites for hydroxylation is 1. The first-order valence-corrected chi connectivity index (χ1v) is 6.31. The number of rotatable bonds is 2. The summed E-state index contributed by atoms with van der Waals surface area (Å²) in [4.78, 5) is 16.0. The summed E-state index contributed by atoms with van der Waals surface area (Å²) >= 11 is 0. The van der Waals surface area contributed by atoms with Crippen molar-refractivity contribution in [1.82, 2.24) is 4.98 Å². The van der Waals surface area contributed by atoms with Crippen LogP contribution in [0.4, 0.5) is 10.1 Å². The molecule has 0 saturated heterocycles. The van der Waals surface area contributed by atoms with E-state index in [4.69, 9.17) is 5.73 Å². The number of amides is 1. The lowest BCUT2D eigenvalue weighted by atomic mass is 10.2. The van der Waals surface area contributed by atoms with Crippen LogP contribution in [0, 0.1) is 24.6 Å². The van der Waals surface area contributed by atoms with Crippen LogP contribution in [-0.2, 0) is 0 Å². The van der Waals surface area contributed by atoms with Crippen LogP contribution in [0.15, 0.2) is 36.7 Å². The molecule has 1 amide bonds. The lowest BCUT2D eigenvalue weighted by molar-refractivity contribution is 0.102. The Kier molecular flexibility index (Phi) is 4.64. The highest BCUT2D eigenvalue weighted by Crippen LogP contribution is 2.16. The number of hydrogen-bond donors (Lipinski definition) is 2. The minimum absolute atomic E-state index is 0.129. The fourth-order valence-corrected chi connectivity index (χ4v) is 1.70. The predicted molar refractivity (Wildman–Crippen MR) is 79.3 cm³/mol. The van der Waals surface area contributed by atoms with Gasteiger partial charge >= 0.3 is 0 Å². The molecule has 1 heterocycles. The molecule has 0 aliphatic rings. The second-order valence-corrected chi connectivity index (χ2v) is 4.41. The highest BCUT2D eigenvalue weighted by atomic mass is 19.1. The third kappa shape index (κ3) is 3.88. The lowest BCUT2D eigenvalue weighted by Crippen LogP contribution is -2.13. The maximum absolute atomic E-state index is 13.7. The van der Waals surface area contributed by atoms with E-state index in [1.54, 1.807) is 19.1 Å². The van der Waals surface area contributed by atoms with E-state index in [0.29, 0.717) is 11.1 Å². The molecule has 0 spiro atoms. The number of aromatic nitrogens is 1. The van der Waals surface area contributed by atoms with Gasteiger partial charge in [0.2, 0.25) is 0 Å². The van der Waals surface area contributed by atoms with Gasteiger partial charge in [-0.3, -0.25) is 9.78 Å². The fraction of sp³-hybridized carbons (Fsp3) is 0.125. The zero-order valence-electron chi connectivity index (χ0n) is 11.5. The van der Waals surface area contributed by atoms with Crippen LogP contribution in [0.3, 0.4) is 0 Å². The Labute approximate surface area is 122 Å². The average molecular weight is 283 g/mol. The molecule has 21 heavy (non-hydrogen) atoms. The van der Waals surface area contributed by atoms with Gasteiger partial charge in [-0.05, 0) is 30.7 Å². The molecular weight excluding hydrogens is 269 g/mol. The minimum atomic E-state index is -0.476. The molecule has 5 heteroatoms. The molecule has 0 unspecified atom stereocenters.